The fourth-order valence-electron chi connectivity index (χ4n) is 3.96. The van der Waals surface area contributed by atoms with Gasteiger partial charge in [-0.05, 0) is 30.0 Å². The van der Waals surface area contributed by atoms with E-state index in [9.17, 15) is 17.6 Å². The number of hydrogen-bond donors (Lipinski definition) is 0. The second kappa shape index (κ2) is 5.64. The molecule has 1 fully saturated rings. The monoisotopic (exact) mass is 379 g/mol. The van der Waals surface area contributed by atoms with E-state index in [-0.39, 0.29) is 24.5 Å². The molecule has 2 aromatic rings. The molecule has 3 aliphatic rings. The quantitative estimate of drug-likeness (QED) is 0.746. The highest BCUT2D eigenvalue weighted by atomic mass is 19.3. The van der Waals surface area contributed by atoms with Crippen LogP contribution in [0.4, 0.5) is 23.5 Å². The van der Waals surface area contributed by atoms with Gasteiger partial charge in [-0.3, -0.25) is 0 Å². The van der Waals surface area contributed by atoms with Crippen molar-refractivity contribution in [3.05, 3.63) is 40.6 Å². The van der Waals surface area contributed by atoms with Gasteiger partial charge in [0.2, 0.25) is 5.95 Å². The van der Waals surface area contributed by atoms with Crippen molar-refractivity contribution in [3.63, 3.8) is 0 Å². The van der Waals surface area contributed by atoms with Gasteiger partial charge in [-0.25, -0.2) is 18.7 Å². The van der Waals surface area contributed by atoms with E-state index in [1.54, 1.807) is 0 Å². The smallest absolute Gasteiger partial charge is 0.290 e. The van der Waals surface area contributed by atoms with E-state index in [0.717, 1.165) is 12.0 Å². The molecule has 1 aliphatic carbocycles. The highest BCUT2D eigenvalue weighted by Gasteiger charge is 2.48. The second-order valence-electron chi connectivity index (χ2n) is 7.40. The van der Waals surface area contributed by atoms with Crippen LogP contribution in [0.15, 0.2) is 18.2 Å². The van der Waals surface area contributed by atoms with Gasteiger partial charge in [-0.15, -0.1) is 0 Å². The van der Waals surface area contributed by atoms with Gasteiger partial charge < -0.3 is 9.64 Å². The van der Waals surface area contributed by atoms with Gasteiger partial charge in [0.15, 0.2) is 0 Å². The van der Waals surface area contributed by atoms with Gasteiger partial charge in [0.25, 0.3) is 11.8 Å². The van der Waals surface area contributed by atoms with Crippen molar-refractivity contribution in [2.24, 2.45) is 0 Å². The number of aromatic nitrogens is 2. The maximum absolute atomic E-state index is 14.3. The Morgan fingerprint density at radius 2 is 1.81 bits per heavy atom. The van der Waals surface area contributed by atoms with Crippen LogP contribution in [0.2, 0.25) is 0 Å². The first-order valence-corrected chi connectivity index (χ1v) is 8.94. The second-order valence-corrected chi connectivity index (χ2v) is 7.40. The summed E-state index contributed by atoms with van der Waals surface area (Å²) in [7, 11) is 0. The van der Waals surface area contributed by atoms with E-state index in [0.29, 0.717) is 30.0 Å². The van der Waals surface area contributed by atoms with Crippen molar-refractivity contribution < 1.29 is 22.3 Å². The van der Waals surface area contributed by atoms with E-state index < -0.39 is 24.9 Å². The molecule has 0 spiro atoms. The van der Waals surface area contributed by atoms with Crippen LogP contribution < -0.4 is 4.90 Å². The third kappa shape index (κ3) is 2.77. The number of alkyl halides is 4. The fourth-order valence-corrected chi connectivity index (χ4v) is 3.96. The summed E-state index contributed by atoms with van der Waals surface area (Å²) >= 11 is 0. The normalized spacial score (nSPS) is 22.1. The lowest BCUT2D eigenvalue weighted by atomic mass is 9.97. The molecule has 4 nitrogen and oxygen atoms in total. The molecular weight excluding hydrogens is 362 g/mol. The third-order valence-electron chi connectivity index (χ3n) is 5.41. The van der Waals surface area contributed by atoms with Gasteiger partial charge in [0, 0.05) is 17.5 Å². The lowest BCUT2D eigenvalue weighted by Crippen LogP contribution is -2.57. The average Bonchev–Trinajstić information content (AvgIpc) is 2.93. The maximum atomic E-state index is 14.3. The fraction of sp³-hybridized carbons (Fsp3) is 0.474. The summed E-state index contributed by atoms with van der Waals surface area (Å²) in [5, 5.41) is 0. The number of halogens is 4. The van der Waals surface area contributed by atoms with Crippen molar-refractivity contribution in [2.75, 3.05) is 24.6 Å². The molecule has 27 heavy (non-hydrogen) atoms. The predicted molar refractivity (Wildman–Crippen MR) is 90.2 cm³/mol. The summed E-state index contributed by atoms with van der Waals surface area (Å²) in [5.41, 5.74) is 3.37. The van der Waals surface area contributed by atoms with E-state index in [1.165, 1.54) is 10.5 Å². The van der Waals surface area contributed by atoms with Gasteiger partial charge in [0.05, 0.1) is 32.0 Å². The summed E-state index contributed by atoms with van der Waals surface area (Å²) in [6, 6.07) is 5.73. The molecule has 0 bridgehead atoms. The Hall–Kier alpha value is -2.22. The van der Waals surface area contributed by atoms with Crippen LogP contribution in [0.5, 0.6) is 0 Å². The number of anilines is 1. The van der Waals surface area contributed by atoms with Crippen LogP contribution in [-0.4, -0.2) is 35.6 Å². The molecule has 8 heteroatoms. The summed E-state index contributed by atoms with van der Waals surface area (Å²) in [6.07, 6.45) is 0.642. The molecule has 0 N–H and O–H groups in total. The lowest BCUT2D eigenvalue weighted by Gasteiger charge is -2.39. The summed E-state index contributed by atoms with van der Waals surface area (Å²) in [5.74, 6) is -5.94. The minimum atomic E-state index is -3.06. The molecular formula is C19H17F4N3O. The number of hydrogen-bond acceptors (Lipinski definition) is 4. The van der Waals surface area contributed by atoms with Crippen LogP contribution in [0.25, 0.3) is 11.3 Å². The first-order chi connectivity index (χ1) is 12.8. The summed E-state index contributed by atoms with van der Waals surface area (Å²) in [6.45, 7) is 0.0380. The van der Waals surface area contributed by atoms with E-state index in [2.05, 4.69) is 9.97 Å². The summed E-state index contributed by atoms with van der Waals surface area (Å²) < 4.78 is 60.7. The van der Waals surface area contributed by atoms with Gasteiger partial charge in [-0.1, -0.05) is 12.1 Å². The van der Waals surface area contributed by atoms with Crippen LogP contribution in [-0.2, 0) is 30.1 Å². The molecule has 142 valence electrons. The Morgan fingerprint density at radius 1 is 1.00 bits per heavy atom. The Kier molecular flexibility index (Phi) is 3.53. The zero-order chi connectivity index (χ0) is 18.8. The number of benzene rings is 1. The van der Waals surface area contributed by atoms with Crippen molar-refractivity contribution in [3.8, 4) is 11.3 Å². The molecule has 0 radical (unpaired) electrons. The number of nitrogens with zero attached hydrogens (tertiary/aromatic N) is 3. The molecule has 2 aliphatic heterocycles. The number of ether oxygens (including phenoxy) is 1. The van der Waals surface area contributed by atoms with Gasteiger partial charge in [0.1, 0.15) is 5.69 Å². The maximum Gasteiger partial charge on any atom is 0.290 e. The minimum absolute atomic E-state index is 0.0507. The topological polar surface area (TPSA) is 38.2 Å². The van der Waals surface area contributed by atoms with Crippen molar-refractivity contribution in [2.45, 2.75) is 37.7 Å². The highest BCUT2D eigenvalue weighted by molar-refractivity contribution is 5.68. The molecule has 1 aromatic carbocycles. The predicted octanol–water partition coefficient (Wildman–Crippen LogP) is 3.71. The molecule has 0 saturated carbocycles. The number of rotatable bonds is 2. The Bertz CT molecular complexity index is 923. The molecule has 1 aromatic heterocycles. The van der Waals surface area contributed by atoms with E-state index in [4.69, 9.17) is 4.74 Å². The molecule has 0 amide bonds. The lowest BCUT2D eigenvalue weighted by molar-refractivity contribution is -0.0275. The summed E-state index contributed by atoms with van der Waals surface area (Å²) in [4.78, 5) is 9.65. The van der Waals surface area contributed by atoms with Gasteiger partial charge >= 0.3 is 0 Å². The molecule has 0 unspecified atom stereocenters. The molecule has 3 heterocycles. The van der Waals surface area contributed by atoms with Crippen LogP contribution in [0, 0.1) is 0 Å². The van der Waals surface area contributed by atoms with E-state index in [1.807, 2.05) is 18.2 Å². The van der Waals surface area contributed by atoms with Crippen LogP contribution in [0.1, 0.15) is 28.8 Å². The highest BCUT2D eigenvalue weighted by Crippen LogP contribution is 2.45. The van der Waals surface area contributed by atoms with Crippen molar-refractivity contribution in [1.29, 1.82) is 0 Å². The first kappa shape index (κ1) is 16.9. The van der Waals surface area contributed by atoms with Crippen LogP contribution in [0.3, 0.4) is 0 Å². The zero-order valence-corrected chi connectivity index (χ0v) is 14.4. The average molecular weight is 379 g/mol. The van der Waals surface area contributed by atoms with E-state index >= 15 is 0 Å². The molecule has 0 atom stereocenters. The van der Waals surface area contributed by atoms with Crippen molar-refractivity contribution in [1.82, 2.24) is 9.97 Å². The SMILES string of the molecule is FC1(F)CN(c2nc(-c3ccc4c(c3)COCC4)c3c(n2)C(F)(F)CC3)C1. The zero-order valence-electron chi connectivity index (χ0n) is 14.4. The largest absolute Gasteiger partial charge is 0.376 e. The standard InChI is InChI=1S/C19H17F4N3O/c20-18(21)9-26(10-18)17-24-15(14-3-5-19(22,23)16(14)25-17)12-2-1-11-4-6-27-8-13(11)7-12/h1-2,7H,3-6,8-10H2. The Labute approximate surface area is 153 Å². The van der Waals surface area contributed by atoms with Gasteiger partial charge in [-0.2, -0.15) is 8.78 Å². The first-order valence-electron chi connectivity index (χ1n) is 8.94. The van der Waals surface area contributed by atoms with Crippen molar-refractivity contribution >= 4 is 5.95 Å². The minimum Gasteiger partial charge on any atom is -0.376 e. The number of fused-ring (bicyclic) bond motifs is 2. The molecule has 5 rings (SSSR count). The third-order valence-corrected chi connectivity index (χ3v) is 5.41. The Balaban J connectivity index is 1.62. The Morgan fingerprint density at radius 3 is 2.59 bits per heavy atom. The molecule has 1 saturated heterocycles. The van der Waals surface area contributed by atoms with Crippen LogP contribution >= 0.6 is 0 Å².